The van der Waals surface area contributed by atoms with E-state index in [1.54, 1.807) is 0 Å². The number of halogens is 1. The molecule has 0 amide bonds. The zero-order valence-corrected chi connectivity index (χ0v) is 7.30. The molecule has 0 heterocycles. The zero-order valence-electron chi connectivity index (χ0n) is 7.30. The van der Waals surface area contributed by atoms with Gasteiger partial charge in [0.25, 0.3) is 0 Å². The Morgan fingerprint density at radius 3 is 2.54 bits per heavy atom. The third-order valence-electron chi connectivity index (χ3n) is 1.63. The molecule has 13 heavy (non-hydrogen) atoms. The van der Waals surface area contributed by atoms with E-state index in [4.69, 9.17) is 0 Å². The van der Waals surface area contributed by atoms with Gasteiger partial charge in [-0.05, 0) is 19.1 Å². The first kappa shape index (κ1) is 9.51. The van der Waals surface area contributed by atoms with Crippen molar-refractivity contribution < 1.29 is 19.0 Å². The molecular weight excluding hydrogens is 175 g/mol. The van der Waals surface area contributed by atoms with Crippen LogP contribution in [0.4, 0.5) is 4.39 Å². The van der Waals surface area contributed by atoms with Crippen LogP contribution in [-0.4, -0.2) is 18.0 Å². The predicted octanol–water partition coefficient (Wildman–Crippen LogP) is 1.74. The average molecular weight is 184 g/mol. The molecule has 0 aliphatic rings. The fraction of sp³-hybridized carbons (Fsp3) is 0.222. The SMILES string of the molecule is COc1c(O)cc(C(C)=O)cc1F. The minimum absolute atomic E-state index is 0.121. The lowest BCUT2D eigenvalue weighted by atomic mass is 10.1. The molecule has 3 nitrogen and oxygen atoms in total. The standard InChI is InChI=1S/C9H9FO3/c1-5(11)6-3-7(10)9(13-2)8(12)4-6/h3-4,12H,1-2H3. The summed E-state index contributed by atoms with van der Waals surface area (Å²) >= 11 is 0. The van der Waals surface area contributed by atoms with E-state index in [0.717, 1.165) is 6.07 Å². The van der Waals surface area contributed by atoms with E-state index in [1.165, 1.54) is 20.1 Å². The minimum Gasteiger partial charge on any atom is -0.504 e. The van der Waals surface area contributed by atoms with Gasteiger partial charge < -0.3 is 9.84 Å². The highest BCUT2D eigenvalue weighted by Gasteiger charge is 2.12. The normalized spacial score (nSPS) is 9.77. The molecule has 1 rings (SSSR count). The summed E-state index contributed by atoms with van der Waals surface area (Å²) in [6.07, 6.45) is 0. The van der Waals surface area contributed by atoms with E-state index >= 15 is 0 Å². The number of benzene rings is 1. The topological polar surface area (TPSA) is 46.5 Å². The molecule has 0 aromatic heterocycles. The molecule has 0 aliphatic heterocycles. The van der Waals surface area contributed by atoms with Gasteiger partial charge in [-0.3, -0.25) is 4.79 Å². The molecule has 70 valence electrons. The van der Waals surface area contributed by atoms with Gasteiger partial charge in [-0.15, -0.1) is 0 Å². The molecule has 1 aromatic carbocycles. The molecular formula is C9H9FO3. The third kappa shape index (κ3) is 1.77. The molecule has 0 unspecified atom stereocenters. The molecule has 0 bridgehead atoms. The maximum Gasteiger partial charge on any atom is 0.196 e. The maximum absolute atomic E-state index is 13.0. The number of methoxy groups -OCH3 is 1. The number of aromatic hydroxyl groups is 1. The van der Waals surface area contributed by atoms with Gasteiger partial charge in [0, 0.05) is 5.56 Å². The number of hydrogen-bond acceptors (Lipinski definition) is 3. The largest absolute Gasteiger partial charge is 0.504 e. The number of carbonyl (C=O) groups is 1. The van der Waals surface area contributed by atoms with Crippen LogP contribution in [0.25, 0.3) is 0 Å². The molecule has 1 N–H and O–H groups in total. The lowest BCUT2D eigenvalue weighted by molar-refractivity contribution is 0.101. The van der Waals surface area contributed by atoms with Gasteiger partial charge in [0.05, 0.1) is 7.11 Å². The van der Waals surface area contributed by atoms with E-state index in [9.17, 15) is 14.3 Å². The summed E-state index contributed by atoms with van der Waals surface area (Å²) in [5, 5.41) is 9.20. The Bertz CT molecular complexity index is 324. The van der Waals surface area contributed by atoms with Crippen LogP contribution in [0, 0.1) is 5.82 Å². The van der Waals surface area contributed by atoms with Gasteiger partial charge in [-0.25, -0.2) is 4.39 Å². The monoisotopic (exact) mass is 184 g/mol. The summed E-state index contributed by atoms with van der Waals surface area (Å²) in [5.74, 6) is -1.66. The van der Waals surface area contributed by atoms with Crippen molar-refractivity contribution in [2.75, 3.05) is 7.11 Å². The fourth-order valence-corrected chi connectivity index (χ4v) is 0.984. The summed E-state index contributed by atoms with van der Waals surface area (Å²) in [4.78, 5) is 10.8. The highest BCUT2D eigenvalue weighted by Crippen LogP contribution is 2.30. The number of rotatable bonds is 2. The number of carbonyl (C=O) groups excluding carboxylic acids is 1. The van der Waals surface area contributed by atoms with Crippen molar-refractivity contribution in [2.45, 2.75) is 6.92 Å². The molecule has 0 saturated heterocycles. The van der Waals surface area contributed by atoms with E-state index in [1.807, 2.05) is 0 Å². The van der Waals surface area contributed by atoms with Crippen LogP contribution in [0.3, 0.4) is 0 Å². The van der Waals surface area contributed by atoms with Gasteiger partial charge in [-0.1, -0.05) is 0 Å². The number of phenolic OH excluding ortho intramolecular Hbond substituents is 1. The molecule has 0 aliphatic carbocycles. The van der Waals surface area contributed by atoms with E-state index in [0.29, 0.717) is 0 Å². The second kappa shape index (κ2) is 3.43. The summed E-state index contributed by atoms with van der Waals surface area (Å²) in [7, 11) is 1.24. The average Bonchev–Trinajstić information content (AvgIpc) is 2.03. The second-order valence-electron chi connectivity index (χ2n) is 2.57. The lowest BCUT2D eigenvalue weighted by Crippen LogP contribution is -1.96. The Balaban J connectivity index is 3.28. The summed E-state index contributed by atoms with van der Waals surface area (Å²) in [6.45, 7) is 1.29. The predicted molar refractivity (Wildman–Crippen MR) is 44.6 cm³/mol. The molecule has 0 spiro atoms. The van der Waals surface area contributed by atoms with Crippen LogP contribution in [-0.2, 0) is 0 Å². The number of Topliss-reactive ketones (excluding diaryl/α,β-unsaturated/α-hetero) is 1. The number of ketones is 1. The summed E-state index contributed by atoms with van der Waals surface area (Å²) in [6, 6.07) is 2.20. The van der Waals surface area contributed by atoms with Crippen LogP contribution in [0.1, 0.15) is 17.3 Å². The molecule has 1 aromatic rings. The van der Waals surface area contributed by atoms with E-state index < -0.39 is 5.82 Å². The highest BCUT2D eigenvalue weighted by atomic mass is 19.1. The van der Waals surface area contributed by atoms with Crippen molar-refractivity contribution in [2.24, 2.45) is 0 Å². The fourth-order valence-electron chi connectivity index (χ4n) is 0.984. The van der Waals surface area contributed by atoms with Gasteiger partial charge in [-0.2, -0.15) is 0 Å². The van der Waals surface area contributed by atoms with Crippen LogP contribution >= 0.6 is 0 Å². The zero-order chi connectivity index (χ0) is 10.0. The van der Waals surface area contributed by atoms with Gasteiger partial charge >= 0.3 is 0 Å². The molecule has 0 saturated carbocycles. The van der Waals surface area contributed by atoms with Gasteiger partial charge in [0.1, 0.15) is 0 Å². The maximum atomic E-state index is 13.0. The van der Waals surface area contributed by atoms with Crippen molar-refractivity contribution >= 4 is 5.78 Å². The number of hydrogen-bond donors (Lipinski definition) is 1. The van der Waals surface area contributed by atoms with Gasteiger partial charge in [0.2, 0.25) is 0 Å². The van der Waals surface area contributed by atoms with Crippen LogP contribution in [0.15, 0.2) is 12.1 Å². The van der Waals surface area contributed by atoms with E-state index in [2.05, 4.69) is 4.74 Å². The van der Waals surface area contributed by atoms with Crippen LogP contribution in [0.5, 0.6) is 11.5 Å². The first-order chi connectivity index (χ1) is 6.06. The third-order valence-corrected chi connectivity index (χ3v) is 1.63. The molecule has 4 heteroatoms. The van der Waals surface area contributed by atoms with Crippen molar-refractivity contribution in [3.8, 4) is 11.5 Å². The number of ether oxygens (including phenoxy) is 1. The molecule has 0 radical (unpaired) electrons. The molecule has 0 fully saturated rings. The van der Waals surface area contributed by atoms with Crippen LogP contribution in [0.2, 0.25) is 0 Å². The van der Waals surface area contributed by atoms with E-state index in [-0.39, 0.29) is 22.8 Å². The van der Waals surface area contributed by atoms with Crippen molar-refractivity contribution in [3.05, 3.63) is 23.5 Å². The Morgan fingerprint density at radius 1 is 1.54 bits per heavy atom. The smallest absolute Gasteiger partial charge is 0.196 e. The van der Waals surface area contributed by atoms with Crippen molar-refractivity contribution in [3.63, 3.8) is 0 Å². The first-order valence-electron chi connectivity index (χ1n) is 3.63. The Hall–Kier alpha value is -1.58. The van der Waals surface area contributed by atoms with Crippen molar-refractivity contribution in [1.82, 2.24) is 0 Å². The Labute approximate surface area is 74.8 Å². The van der Waals surface area contributed by atoms with Crippen molar-refractivity contribution in [1.29, 1.82) is 0 Å². The minimum atomic E-state index is -0.743. The first-order valence-corrected chi connectivity index (χ1v) is 3.63. The molecule has 0 atom stereocenters. The second-order valence-corrected chi connectivity index (χ2v) is 2.57. The lowest BCUT2D eigenvalue weighted by Gasteiger charge is -2.05. The number of phenols is 1. The highest BCUT2D eigenvalue weighted by molar-refractivity contribution is 5.94. The summed E-state index contributed by atoms with van der Waals surface area (Å²) in [5.41, 5.74) is 0.121. The Morgan fingerprint density at radius 2 is 2.15 bits per heavy atom. The Kier molecular flexibility index (Phi) is 2.51. The quantitative estimate of drug-likeness (QED) is 0.712. The summed E-state index contributed by atoms with van der Waals surface area (Å²) < 4.78 is 17.6. The van der Waals surface area contributed by atoms with Gasteiger partial charge in [0.15, 0.2) is 23.1 Å². The van der Waals surface area contributed by atoms with Crippen LogP contribution < -0.4 is 4.74 Å².